The van der Waals surface area contributed by atoms with Crippen LogP contribution >= 0.6 is 39.9 Å². The van der Waals surface area contributed by atoms with Crippen LogP contribution in [0.4, 0.5) is 5.69 Å². The number of hydrogen-bond donors (Lipinski definition) is 5. The number of hydrogen-bond acceptors (Lipinski definition) is 6. The number of aromatic hydroxyl groups is 1. The third-order valence-electron chi connectivity index (χ3n) is 6.81. The van der Waals surface area contributed by atoms with E-state index < -0.39 is 10.9 Å². The molecular weight excluding hydrogens is 598 g/mol. The van der Waals surface area contributed by atoms with Gasteiger partial charge in [-0.05, 0) is 46.8 Å². The predicted octanol–water partition coefficient (Wildman–Crippen LogP) is 4.66. The summed E-state index contributed by atoms with van der Waals surface area (Å²) in [5.74, 6) is -0.347. The van der Waals surface area contributed by atoms with E-state index in [0.29, 0.717) is 16.8 Å². The molecule has 0 aliphatic carbocycles. The zero-order valence-electron chi connectivity index (χ0n) is 20.3. The van der Waals surface area contributed by atoms with E-state index in [1.54, 1.807) is 12.1 Å². The van der Waals surface area contributed by atoms with Crippen molar-refractivity contribution in [3.63, 3.8) is 0 Å². The summed E-state index contributed by atoms with van der Waals surface area (Å²) in [4.78, 5) is 24.8. The van der Waals surface area contributed by atoms with Crippen molar-refractivity contribution >= 4 is 73.3 Å². The van der Waals surface area contributed by atoms with E-state index in [1.165, 1.54) is 16.8 Å². The molecule has 2 amide bonds. The SMILES string of the molecule is O=C1CSC2(C(=O)Nc3ccccc32)N1NC(=S)NNC(c1ccccc1Br)c1c(O)ccc2ccccc12. The van der Waals surface area contributed by atoms with Crippen molar-refractivity contribution in [3.8, 4) is 5.75 Å². The van der Waals surface area contributed by atoms with Crippen LogP contribution in [0.1, 0.15) is 22.7 Å². The molecule has 1 saturated heterocycles. The molecule has 6 rings (SSSR count). The van der Waals surface area contributed by atoms with Gasteiger partial charge in [0.05, 0.1) is 11.8 Å². The van der Waals surface area contributed by atoms with Crippen molar-refractivity contribution in [2.24, 2.45) is 0 Å². The average Bonchev–Trinajstić information content (AvgIpc) is 3.42. The van der Waals surface area contributed by atoms with E-state index in [4.69, 9.17) is 12.2 Å². The average molecular weight is 621 g/mol. The van der Waals surface area contributed by atoms with Crippen LogP contribution in [0.5, 0.6) is 5.75 Å². The molecule has 8 nitrogen and oxygen atoms in total. The Morgan fingerprint density at radius 1 is 1.03 bits per heavy atom. The highest BCUT2D eigenvalue weighted by atomic mass is 79.9. The van der Waals surface area contributed by atoms with Crippen LogP contribution in [0.15, 0.2) is 89.4 Å². The first kappa shape index (κ1) is 25.6. The van der Waals surface area contributed by atoms with Crippen molar-refractivity contribution in [1.29, 1.82) is 0 Å². The van der Waals surface area contributed by atoms with Gasteiger partial charge in [-0.15, -0.1) is 11.8 Å². The lowest BCUT2D eigenvalue weighted by Gasteiger charge is -2.33. The van der Waals surface area contributed by atoms with Crippen LogP contribution in [0.2, 0.25) is 0 Å². The lowest BCUT2D eigenvalue weighted by Crippen LogP contribution is -2.59. The Labute approximate surface area is 242 Å². The Kier molecular flexibility index (Phi) is 6.67. The van der Waals surface area contributed by atoms with Crippen LogP contribution in [-0.2, 0) is 14.5 Å². The fraction of sp³-hybridized carbons (Fsp3) is 0.107. The number of carbonyl (C=O) groups excluding carboxylic acids is 2. The predicted molar refractivity (Wildman–Crippen MR) is 160 cm³/mol. The number of phenolic OH excluding ortho intramolecular Hbond substituents is 1. The molecular formula is C28H22BrN5O3S2. The monoisotopic (exact) mass is 619 g/mol. The van der Waals surface area contributed by atoms with Crippen LogP contribution in [-0.4, -0.2) is 32.8 Å². The summed E-state index contributed by atoms with van der Waals surface area (Å²) in [6, 6.07) is 25.8. The van der Waals surface area contributed by atoms with E-state index in [1.807, 2.05) is 72.8 Å². The molecule has 2 atom stereocenters. The number of hydrazine groups is 2. The number of thiocarbonyl (C=S) groups is 1. The third-order valence-corrected chi connectivity index (χ3v) is 9.13. The van der Waals surface area contributed by atoms with Gasteiger partial charge < -0.3 is 10.4 Å². The first-order chi connectivity index (χ1) is 18.9. The summed E-state index contributed by atoms with van der Waals surface area (Å²) in [7, 11) is 0. The third kappa shape index (κ3) is 4.31. The molecule has 4 aromatic rings. The molecule has 2 heterocycles. The molecule has 1 fully saturated rings. The van der Waals surface area contributed by atoms with Crippen molar-refractivity contribution < 1.29 is 14.7 Å². The Balaban J connectivity index is 1.31. The molecule has 196 valence electrons. The molecule has 0 radical (unpaired) electrons. The van der Waals surface area contributed by atoms with Gasteiger partial charge in [-0.2, -0.15) is 0 Å². The van der Waals surface area contributed by atoms with Gasteiger partial charge >= 0.3 is 0 Å². The van der Waals surface area contributed by atoms with E-state index in [0.717, 1.165) is 20.8 Å². The van der Waals surface area contributed by atoms with E-state index >= 15 is 0 Å². The minimum Gasteiger partial charge on any atom is -0.508 e. The number of nitrogens with one attached hydrogen (secondary N) is 4. The molecule has 4 aromatic carbocycles. The van der Waals surface area contributed by atoms with Gasteiger partial charge in [-0.3, -0.25) is 20.4 Å². The number of nitrogens with zero attached hydrogens (tertiary/aromatic N) is 1. The zero-order valence-corrected chi connectivity index (χ0v) is 23.5. The zero-order chi connectivity index (χ0) is 27.1. The molecule has 0 bridgehead atoms. The maximum absolute atomic E-state index is 13.2. The number of thioether (sulfide) groups is 1. The minimum absolute atomic E-state index is 0.0826. The molecule has 0 saturated carbocycles. The van der Waals surface area contributed by atoms with Crippen molar-refractivity contribution in [2.45, 2.75) is 10.9 Å². The molecule has 39 heavy (non-hydrogen) atoms. The number of fused-ring (bicyclic) bond motifs is 3. The van der Waals surface area contributed by atoms with Gasteiger partial charge in [0.15, 0.2) is 5.11 Å². The lowest BCUT2D eigenvalue weighted by atomic mass is 9.93. The second-order valence-corrected chi connectivity index (χ2v) is 11.5. The number of anilines is 1. The van der Waals surface area contributed by atoms with E-state index in [2.05, 4.69) is 37.5 Å². The first-order valence-electron chi connectivity index (χ1n) is 12.1. The van der Waals surface area contributed by atoms with Gasteiger partial charge in [0.25, 0.3) is 11.8 Å². The molecule has 11 heteroatoms. The van der Waals surface area contributed by atoms with Crippen LogP contribution < -0.4 is 21.6 Å². The summed E-state index contributed by atoms with van der Waals surface area (Å²) in [6.45, 7) is 0. The highest BCUT2D eigenvalue weighted by molar-refractivity contribution is 9.10. The summed E-state index contributed by atoms with van der Waals surface area (Å²) < 4.78 is 0.833. The Hall–Kier alpha value is -3.64. The quantitative estimate of drug-likeness (QED) is 0.162. The van der Waals surface area contributed by atoms with E-state index in [-0.39, 0.29) is 28.4 Å². The van der Waals surface area contributed by atoms with Crippen molar-refractivity contribution in [2.75, 3.05) is 11.1 Å². The van der Waals surface area contributed by atoms with Gasteiger partial charge in [0.1, 0.15) is 5.75 Å². The number of halogens is 1. The van der Waals surface area contributed by atoms with Gasteiger partial charge in [0, 0.05) is 21.3 Å². The number of benzene rings is 4. The maximum atomic E-state index is 13.2. The Morgan fingerprint density at radius 3 is 2.62 bits per heavy atom. The summed E-state index contributed by atoms with van der Waals surface area (Å²) in [5.41, 5.74) is 12.0. The Bertz CT molecular complexity index is 1650. The van der Waals surface area contributed by atoms with E-state index in [9.17, 15) is 14.7 Å². The lowest BCUT2D eigenvalue weighted by molar-refractivity contribution is -0.138. The highest BCUT2D eigenvalue weighted by Gasteiger charge is 2.58. The topological polar surface area (TPSA) is 106 Å². The normalized spacial score (nSPS) is 18.7. The minimum atomic E-state index is -1.27. The first-order valence-corrected chi connectivity index (χ1v) is 14.2. The number of para-hydroxylation sites is 1. The fourth-order valence-electron chi connectivity index (χ4n) is 5.06. The van der Waals surface area contributed by atoms with Crippen LogP contribution in [0.3, 0.4) is 0 Å². The molecule has 2 unspecified atom stereocenters. The highest BCUT2D eigenvalue weighted by Crippen LogP contribution is 2.51. The standard InChI is InChI=1S/C28H22BrN5O3S2/c29-20-11-5-3-9-18(20)25(24-17-8-2-1-7-16(17)13-14-22(24)35)31-32-27(38)33-34-23(36)15-39-28(34)19-10-4-6-12-21(19)30-26(28)37/h1-14,25,31,35H,15H2,(H,30,37)(H2,32,33,38). The molecule has 5 N–H and O–H groups in total. The molecule has 0 aromatic heterocycles. The van der Waals surface area contributed by atoms with Gasteiger partial charge in [-0.1, -0.05) is 82.7 Å². The van der Waals surface area contributed by atoms with Crippen LogP contribution in [0, 0.1) is 0 Å². The fourth-order valence-corrected chi connectivity index (χ4v) is 6.98. The largest absolute Gasteiger partial charge is 0.508 e. The maximum Gasteiger partial charge on any atom is 0.267 e. The summed E-state index contributed by atoms with van der Waals surface area (Å²) in [5, 5.41) is 17.1. The smallest absolute Gasteiger partial charge is 0.267 e. The second-order valence-electron chi connectivity index (χ2n) is 9.05. The number of amides is 2. The van der Waals surface area contributed by atoms with Crippen LogP contribution in [0.25, 0.3) is 10.8 Å². The molecule has 2 aliphatic rings. The number of phenols is 1. The summed E-state index contributed by atoms with van der Waals surface area (Å²) >= 11 is 10.5. The van der Waals surface area contributed by atoms with Crippen molar-refractivity contribution in [1.82, 2.24) is 21.3 Å². The summed E-state index contributed by atoms with van der Waals surface area (Å²) in [6.07, 6.45) is 0. The molecule has 2 aliphatic heterocycles. The molecule has 1 spiro atoms. The van der Waals surface area contributed by atoms with Gasteiger partial charge in [0.2, 0.25) is 4.87 Å². The van der Waals surface area contributed by atoms with Crippen molar-refractivity contribution in [3.05, 3.63) is 106 Å². The Morgan fingerprint density at radius 2 is 1.77 bits per heavy atom. The number of rotatable bonds is 5. The second kappa shape index (κ2) is 10.2. The van der Waals surface area contributed by atoms with Gasteiger partial charge in [-0.25, -0.2) is 10.4 Å². The number of carbonyl (C=O) groups is 2.